The SMILES string of the molecule is CC1(C)C(Cl)CC1Oc1ccccc1. The zero-order chi connectivity index (χ0) is 10.2. The van der Waals surface area contributed by atoms with E-state index in [9.17, 15) is 0 Å². The topological polar surface area (TPSA) is 9.23 Å². The average Bonchev–Trinajstić information content (AvgIpc) is 2.19. The molecule has 0 amide bonds. The van der Waals surface area contributed by atoms with Gasteiger partial charge in [-0.3, -0.25) is 0 Å². The van der Waals surface area contributed by atoms with Crippen molar-refractivity contribution in [3.8, 4) is 5.75 Å². The number of ether oxygens (including phenoxy) is 1. The fourth-order valence-corrected chi connectivity index (χ4v) is 2.00. The van der Waals surface area contributed by atoms with Crippen LogP contribution in [0.15, 0.2) is 30.3 Å². The van der Waals surface area contributed by atoms with Crippen molar-refractivity contribution < 1.29 is 4.74 Å². The van der Waals surface area contributed by atoms with Gasteiger partial charge < -0.3 is 4.74 Å². The average molecular weight is 211 g/mol. The standard InChI is InChI=1S/C12H15ClO/c1-12(2)10(13)8-11(12)14-9-6-4-3-5-7-9/h3-7,10-11H,8H2,1-2H3. The van der Waals surface area contributed by atoms with Crippen LogP contribution in [-0.4, -0.2) is 11.5 Å². The molecule has 0 heterocycles. The zero-order valence-electron chi connectivity index (χ0n) is 8.53. The van der Waals surface area contributed by atoms with Crippen LogP contribution in [0.25, 0.3) is 0 Å². The quantitative estimate of drug-likeness (QED) is 0.680. The molecule has 0 aromatic heterocycles. The van der Waals surface area contributed by atoms with Crippen LogP contribution in [-0.2, 0) is 0 Å². The Balaban J connectivity index is 2.01. The van der Waals surface area contributed by atoms with Gasteiger partial charge in [-0.1, -0.05) is 32.0 Å². The molecule has 2 rings (SSSR count). The molecule has 0 radical (unpaired) electrons. The monoisotopic (exact) mass is 210 g/mol. The summed E-state index contributed by atoms with van der Waals surface area (Å²) < 4.78 is 5.85. The van der Waals surface area contributed by atoms with Crippen molar-refractivity contribution in [2.24, 2.45) is 5.41 Å². The van der Waals surface area contributed by atoms with Gasteiger partial charge in [0.05, 0.1) is 0 Å². The molecule has 0 aliphatic heterocycles. The minimum Gasteiger partial charge on any atom is -0.490 e. The number of halogens is 1. The summed E-state index contributed by atoms with van der Waals surface area (Å²) >= 11 is 6.12. The highest BCUT2D eigenvalue weighted by Crippen LogP contribution is 2.46. The van der Waals surface area contributed by atoms with Gasteiger partial charge >= 0.3 is 0 Å². The summed E-state index contributed by atoms with van der Waals surface area (Å²) in [7, 11) is 0. The Morgan fingerprint density at radius 3 is 2.43 bits per heavy atom. The number of rotatable bonds is 2. The van der Waals surface area contributed by atoms with E-state index in [0.29, 0.717) is 0 Å². The largest absolute Gasteiger partial charge is 0.490 e. The smallest absolute Gasteiger partial charge is 0.119 e. The van der Waals surface area contributed by atoms with E-state index < -0.39 is 0 Å². The third-order valence-corrected chi connectivity index (χ3v) is 3.82. The lowest BCUT2D eigenvalue weighted by molar-refractivity contribution is -0.0130. The summed E-state index contributed by atoms with van der Waals surface area (Å²) in [5, 5.41) is 0.246. The van der Waals surface area contributed by atoms with Crippen molar-refractivity contribution in [2.75, 3.05) is 0 Å². The molecule has 2 heteroatoms. The molecule has 1 saturated carbocycles. The number of hydrogen-bond donors (Lipinski definition) is 0. The molecule has 1 fully saturated rings. The number of alkyl halides is 1. The summed E-state index contributed by atoms with van der Waals surface area (Å²) in [5.41, 5.74) is 0.0946. The Hall–Kier alpha value is -0.690. The maximum Gasteiger partial charge on any atom is 0.119 e. The Morgan fingerprint density at radius 2 is 1.93 bits per heavy atom. The predicted octanol–water partition coefficient (Wildman–Crippen LogP) is 3.47. The first-order chi connectivity index (χ1) is 6.60. The molecule has 0 bridgehead atoms. The summed E-state index contributed by atoms with van der Waals surface area (Å²) in [6.07, 6.45) is 1.20. The lowest BCUT2D eigenvalue weighted by Gasteiger charge is -2.48. The van der Waals surface area contributed by atoms with Crippen LogP contribution in [0.1, 0.15) is 20.3 Å². The van der Waals surface area contributed by atoms with Crippen LogP contribution in [0, 0.1) is 5.41 Å². The molecule has 0 saturated heterocycles. The van der Waals surface area contributed by atoms with Gasteiger partial charge in [0.15, 0.2) is 0 Å². The van der Waals surface area contributed by atoms with Gasteiger partial charge in [-0.15, -0.1) is 11.6 Å². The van der Waals surface area contributed by atoms with Crippen molar-refractivity contribution in [1.29, 1.82) is 0 Å². The van der Waals surface area contributed by atoms with E-state index in [2.05, 4.69) is 13.8 Å². The van der Waals surface area contributed by atoms with E-state index in [-0.39, 0.29) is 16.9 Å². The molecule has 2 atom stereocenters. The molecule has 76 valence electrons. The fourth-order valence-electron chi connectivity index (χ4n) is 1.70. The highest BCUT2D eigenvalue weighted by molar-refractivity contribution is 6.21. The van der Waals surface area contributed by atoms with Crippen LogP contribution in [0.2, 0.25) is 0 Å². The van der Waals surface area contributed by atoms with E-state index in [0.717, 1.165) is 12.2 Å². The Kier molecular flexibility index (Phi) is 2.44. The van der Waals surface area contributed by atoms with Gasteiger partial charge in [-0.2, -0.15) is 0 Å². The maximum absolute atomic E-state index is 6.12. The molecule has 1 aliphatic carbocycles. The summed E-state index contributed by atoms with van der Waals surface area (Å²) in [6.45, 7) is 4.31. The van der Waals surface area contributed by atoms with Crippen LogP contribution in [0.5, 0.6) is 5.75 Å². The van der Waals surface area contributed by atoms with Crippen molar-refractivity contribution in [1.82, 2.24) is 0 Å². The highest BCUT2D eigenvalue weighted by atomic mass is 35.5. The third kappa shape index (κ3) is 1.61. The van der Waals surface area contributed by atoms with E-state index in [4.69, 9.17) is 16.3 Å². The Bertz CT molecular complexity index is 307. The first-order valence-electron chi connectivity index (χ1n) is 4.96. The zero-order valence-corrected chi connectivity index (χ0v) is 9.29. The van der Waals surface area contributed by atoms with Gasteiger partial charge in [-0.05, 0) is 12.1 Å². The lowest BCUT2D eigenvalue weighted by Crippen LogP contribution is -2.53. The molecule has 1 aliphatic rings. The molecule has 1 aromatic carbocycles. The van der Waals surface area contributed by atoms with E-state index in [1.807, 2.05) is 30.3 Å². The third-order valence-electron chi connectivity index (χ3n) is 3.08. The molecule has 1 nitrogen and oxygen atoms in total. The van der Waals surface area contributed by atoms with E-state index in [1.165, 1.54) is 0 Å². The van der Waals surface area contributed by atoms with E-state index in [1.54, 1.807) is 0 Å². The van der Waals surface area contributed by atoms with Crippen molar-refractivity contribution in [3.05, 3.63) is 30.3 Å². The second-order valence-electron chi connectivity index (χ2n) is 4.44. The Morgan fingerprint density at radius 1 is 1.29 bits per heavy atom. The fraction of sp³-hybridized carbons (Fsp3) is 0.500. The number of para-hydroxylation sites is 1. The maximum atomic E-state index is 6.12. The first-order valence-corrected chi connectivity index (χ1v) is 5.40. The molecular formula is C12H15ClO. The molecule has 14 heavy (non-hydrogen) atoms. The lowest BCUT2D eigenvalue weighted by atomic mass is 9.68. The van der Waals surface area contributed by atoms with Crippen molar-refractivity contribution >= 4 is 11.6 Å². The van der Waals surface area contributed by atoms with Crippen LogP contribution < -0.4 is 4.74 Å². The van der Waals surface area contributed by atoms with Gasteiger partial charge in [0.1, 0.15) is 11.9 Å². The van der Waals surface area contributed by atoms with Gasteiger partial charge in [-0.25, -0.2) is 0 Å². The van der Waals surface area contributed by atoms with Crippen LogP contribution in [0.3, 0.4) is 0 Å². The molecular weight excluding hydrogens is 196 g/mol. The molecule has 0 spiro atoms. The summed E-state index contributed by atoms with van der Waals surface area (Å²) in [4.78, 5) is 0. The minimum atomic E-state index is 0.0946. The Labute approximate surface area is 90.0 Å². The number of benzene rings is 1. The van der Waals surface area contributed by atoms with Gasteiger partial charge in [0.2, 0.25) is 0 Å². The predicted molar refractivity (Wildman–Crippen MR) is 58.9 cm³/mol. The normalized spacial score (nSPS) is 29.4. The van der Waals surface area contributed by atoms with Crippen molar-refractivity contribution in [3.63, 3.8) is 0 Å². The molecule has 1 aromatic rings. The highest BCUT2D eigenvalue weighted by Gasteiger charge is 2.48. The van der Waals surface area contributed by atoms with Crippen LogP contribution in [0.4, 0.5) is 0 Å². The molecule has 0 N–H and O–H groups in total. The van der Waals surface area contributed by atoms with Crippen molar-refractivity contribution in [2.45, 2.75) is 31.7 Å². The summed E-state index contributed by atoms with van der Waals surface area (Å²) in [6, 6.07) is 9.93. The second-order valence-corrected chi connectivity index (χ2v) is 4.97. The van der Waals surface area contributed by atoms with Gasteiger partial charge in [0.25, 0.3) is 0 Å². The minimum absolute atomic E-state index is 0.0946. The first kappa shape index (κ1) is 9.85. The second kappa shape index (κ2) is 3.47. The molecule has 2 unspecified atom stereocenters. The number of hydrogen-bond acceptors (Lipinski definition) is 1. The van der Waals surface area contributed by atoms with Crippen LogP contribution >= 0.6 is 11.6 Å². The van der Waals surface area contributed by atoms with Gasteiger partial charge in [0, 0.05) is 17.2 Å². The van der Waals surface area contributed by atoms with E-state index >= 15 is 0 Å². The summed E-state index contributed by atoms with van der Waals surface area (Å²) in [5.74, 6) is 0.939.